The maximum atomic E-state index is 12.8. The van der Waals surface area contributed by atoms with Crippen molar-refractivity contribution in [2.45, 2.75) is 32.5 Å². The SMILES string of the molecule is O=C(CCc1cncnc1)N1Cc2nccn2C[C@H](Cn2cncn2)C1. The Morgan fingerprint density at radius 1 is 1.15 bits per heavy atom. The maximum Gasteiger partial charge on any atom is 0.223 e. The average molecular weight is 352 g/mol. The van der Waals surface area contributed by atoms with Crippen molar-refractivity contribution < 1.29 is 4.79 Å². The second kappa shape index (κ2) is 7.42. The van der Waals surface area contributed by atoms with Crippen LogP contribution in [-0.2, 0) is 30.8 Å². The zero-order valence-electron chi connectivity index (χ0n) is 14.3. The van der Waals surface area contributed by atoms with Gasteiger partial charge in [-0.25, -0.2) is 19.9 Å². The van der Waals surface area contributed by atoms with Crippen molar-refractivity contribution >= 4 is 5.91 Å². The molecule has 26 heavy (non-hydrogen) atoms. The summed E-state index contributed by atoms with van der Waals surface area (Å²) in [7, 11) is 0. The summed E-state index contributed by atoms with van der Waals surface area (Å²) in [6.07, 6.45) is 13.1. The fraction of sp³-hybridized carbons (Fsp3) is 0.412. The smallest absolute Gasteiger partial charge is 0.223 e. The van der Waals surface area contributed by atoms with Crippen LogP contribution in [0.5, 0.6) is 0 Å². The van der Waals surface area contributed by atoms with E-state index in [1.165, 1.54) is 12.7 Å². The highest BCUT2D eigenvalue weighted by atomic mass is 16.2. The molecule has 0 N–H and O–H groups in total. The van der Waals surface area contributed by atoms with Crippen LogP contribution in [0, 0.1) is 5.92 Å². The molecule has 4 heterocycles. The number of hydrogen-bond acceptors (Lipinski definition) is 6. The molecule has 0 unspecified atom stereocenters. The Hall–Kier alpha value is -3.10. The third-order valence-corrected chi connectivity index (χ3v) is 4.57. The summed E-state index contributed by atoms with van der Waals surface area (Å²) < 4.78 is 3.94. The minimum atomic E-state index is 0.119. The van der Waals surface area contributed by atoms with Gasteiger partial charge in [0, 0.05) is 56.8 Å². The van der Waals surface area contributed by atoms with Gasteiger partial charge in [0.25, 0.3) is 0 Å². The molecular formula is C17H20N8O. The molecule has 0 aliphatic carbocycles. The Morgan fingerprint density at radius 3 is 2.85 bits per heavy atom. The third-order valence-electron chi connectivity index (χ3n) is 4.57. The van der Waals surface area contributed by atoms with E-state index in [4.69, 9.17) is 0 Å². The number of carbonyl (C=O) groups is 1. The molecule has 0 aromatic carbocycles. The van der Waals surface area contributed by atoms with Crippen LogP contribution in [0.1, 0.15) is 17.8 Å². The van der Waals surface area contributed by atoms with Crippen LogP contribution >= 0.6 is 0 Å². The summed E-state index contributed by atoms with van der Waals surface area (Å²) in [4.78, 5) is 31.1. The van der Waals surface area contributed by atoms with E-state index in [0.717, 1.165) is 17.9 Å². The first kappa shape index (κ1) is 16.4. The summed E-state index contributed by atoms with van der Waals surface area (Å²) in [6, 6.07) is 0. The van der Waals surface area contributed by atoms with Gasteiger partial charge in [0.05, 0.1) is 6.54 Å². The third kappa shape index (κ3) is 3.76. The van der Waals surface area contributed by atoms with Crippen LogP contribution in [0.25, 0.3) is 0 Å². The number of carbonyl (C=O) groups excluding carboxylic acids is 1. The zero-order valence-corrected chi connectivity index (χ0v) is 14.3. The number of rotatable bonds is 5. The van der Waals surface area contributed by atoms with E-state index in [1.807, 2.05) is 15.8 Å². The van der Waals surface area contributed by atoms with E-state index < -0.39 is 0 Å². The van der Waals surface area contributed by atoms with Crippen LogP contribution in [0.3, 0.4) is 0 Å². The van der Waals surface area contributed by atoms with E-state index >= 15 is 0 Å². The summed E-state index contributed by atoms with van der Waals surface area (Å²) in [6.45, 7) is 2.73. The van der Waals surface area contributed by atoms with Gasteiger partial charge in [-0.05, 0) is 12.0 Å². The number of hydrogen-bond donors (Lipinski definition) is 0. The number of aromatic nitrogens is 7. The predicted octanol–water partition coefficient (Wildman–Crippen LogP) is 0.556. The van der Waals surface area contributed by atoms with Crippen molar-refractivity contribution in [3.8, 4) is 0 Å². The van der Waals surface area contributed by atoms with E-state index in [-0.39, 0.29) is 11.8 Å². The topological polar surface area (TPSA) is 94.6 Å². The van der Waals surface area contributed by atoms with Gasteiger partial charge in [-0.1, -0.05) is 0 Å². The van der Waals surface area contributed by atoms with Crippen molar-refractivity contribution in [3.63, 3.8) is 0 Å². The average Bonchev–Trinajstić information content (AvgIpc) is 3.29. The van der Waals surface area contributed by atoms with Crippen molar-refractivity contribution in [1.82, 2.24) is 39.2 Å². The second-order valence-corrected chi connectivity index (χ2v) is 6.50. The molecule has 3 aromatic rings. The first-order valence-electron chi connectivity index (χ1n) is 8.62. The summed E-state index contributed by atoms with van der Waals surface area (Å²) >= 11 is 0. The van der Waals surface area contributed by atoms with Crippen molar-refractivity contribution in [1.29, 1.82) is 0 Å². The van der Waals surface area contributed by atoms with Gasteiger partial charge in [-0.3, -0.25) is 9.48 Å². The van der Waals surface area contributed by atoms with Crippen LogP contribution in [0.2, 0.25) is 0 Å². The molecule has 0 fully saturated rings. The van der Waals surface area contributed by atoms with Crippen molar-refractivity contribution in [2.24, 2.45) is 5.92 Å². The molecule has 1 aliphatic rings. The van der Waals surface area contributed by atoms with E-state index in [1.54, 1.807) is 24.9 Å². The summed E-state index contributed by atoms with van der Waals surface area (Å²) in [5.41, 5.74) is 0.969. The molecule has 9 nitrogen and oxygen atoms in total. The first-order valence-corrected chi connectivity index (χ1v) is 8.62. The van der Waals surface area contributed by atoms with Crippen LogP contribution in [0.15, 0.2) is 43.8 Å². The molecule has 3 aromatic heterocycles. The number of imidazole rings is 1. The number of fused-ring (bicyclic) bond motifs is 1. The lowest BCUT2D eigenvalue weighted by molar-refractivity contribution is -0.132. The lowest BCUT2D eigenvalue weighted by Crippen LogP contribution is -2.35. The molecule has 0 bridgehead atoms. The standard InChI is InChI=1S/C17H20N8O/c26-17(2-1-14-5-18-11-19-6-14)24-8-15(9-25-13-20-12-22-25)7-23-4-3-21-16(23)10-24/h3-6,11-13,15H,1-2,7-10H2/t15-/m0/s1. The van der Waals surface area contributed by atoms with Gasteiger partial charge in [0.15, 0.2) is 0 Å². The monoisotopic (exact) mass is 352 g/mol. The molecule has 1 atom stereocenters. The molecule has 0 saturated heterocycles. The normalized spacial score (nSPS) is 16.9. The molecule has 1 amide bonds. The van der Waals surface area contributed by atoms with Gasteiger partial charge in [-0.15, -0.1) is 0 Å². The number of aryl methyl sites for hydroxylation is 1. The summed E-state index contributed by atoms with van der Waals surface area (Å²) in [5.74, 6) is 1.28. The van der Waals surface area contributed by atoms with Crippen molar-refractivity contribution in [2.75, 3.05) is 6.54 Å². The Balaban J connectivity index is 1.46. The largest absolute Gasteiger partial charge is 0.335 e. The molecule has 0 radical (unpaired) electrons. The fourth-order valence-corrected chi connectivity index (χ4v) is 3.31. The van der Waals surface area contributed by atoms with Gasteiger partial charge in [0.2, 0.25) is 5.91 Å². The molecule has 4 rings (SSSR count). The number of amides is 1. The molecule has 9 heteroatoms. The van der Waals surface area contributed by atoms with Crippen LogP contribution in [0.4, 0.5) is 0 Å². The van der Waals surface area contributed by atoms with Gasteiger partial charge >= 0.3 is 0 Å². The molecule has 1 aliphatic heterocycles. The highest BCUT2D eigenvalue weighted by molar-refractivity contribution is 5.76. The lowest BCUT2D eigenvalue weighted by Gasteiger charge is -2.24. The van der Waals surface area contributed by atoms with E-state index in [9.17, 15) is 4.79 Å². The number of nitrogens with zero attached hydrogens (tertiary/aromatic N) is 8. The van der Waals surface area contributed by atoms with E-state index in [0.29, 0.717) is 32.5 Å². The Kier molecular flexibility index (Phi) is 4.67. The van der Waals surface area contributed by atoms with Gasteiger partial charge in [-0.2, -0.15) is 5.10 Å². The predicted molar refractivity (Wildman–Crippen MR) is 91.5 cm³/mol. The van der Waals surface area contributed by atoms with E-state index in [2.05, 4.69) is 29.6 Å². The summed E-state index contributed by atoms with van der Waals surface area (Å²) in [5, 5.41) is 4.19. The second-order valence-electron chi connectivity index (χ2n) is 6.50. The minimum absolute atomic E-state index is 0.119. The van der Waals surface area contributed by atoms with Crippen molar-refractivity contribution in [3.05, 3.63) is 55.2 Å². The Labute approximate surface area is 150 Å². The highest BCUT2D eigenvalue weighted by Crippen LogP contribution is 2.18. The molecule has 0 saturated carbocycles. The lowest BCUT2D eigenvalue weighted by atomic mass is 10.1. The van der Waals surface area contributed by atoms with Crippen LogP contribution in [-0.4, -0.2) is 51.6 Å². The van der Waals surface area contributed by atoms with Crippen LogP contribution < -0.4 is 0 Å². The molecule has 134 valence electrons. The Bertz CT molecular complexity index is 845. The highest BCUT2D eigenvalue weighted by Gasteiger charge is 2.25. The fourth-order valence-electron chi connectivity index (χ4n) is 3.31. The quantitative estimate of drug-likeness (QED) is 0.666. The minimum Gasteiger partial charge on any atom is -0.335 e. The first-order chi connectivity index (χ1) is 12.8. The zero-order chi connectivity index (χ0) is 17.8. The Morgan fingerprint density at radius 2 is 2.04 bits per heavy atom. The maximum absolute atomic E-state index is 12.8. The molecule has 0 spiro atoms. The molecular weight excluding hydrogens is 332 g/mol. The van der Waals surface area contributed by atoms with Gasteiger partial charge in [0.1, 0.15) is 24.8 Å². The van der Waals surface area contributed by atoms with Gasteiger partial charge < -0.3 is 9.47 Å².